The van der Waals surface area contributed by atoms with Crippen molar-refractivity contribution in [3.63, 3.8) is 0 Å². The molecule has 0 aromatic rings. The summed E-state index contributed by atoms with van der Waals surface area (Å²) in [6.07, 6.45) is 0.657. The van der Waals surface area contributed by atoms with E-state index >= 15 is 0 Å². The van der Waals surface area contributed by atoms with Gasteiger partial charge in [-0.25, -0.2) is 0 Å². The van der Waals surface area contributed by atoms with Gasteiger partial charge in [0.25, 0.3) is 0 Å². The van der Waals surface area contributed by atoms with Gasteiger partial charge >= 0.3 is 0 Å². The van der Waals surface area contributed by atoms with E-state index in [9.17, 15) is 4.79 Å². The fourth-order valence-electron chi connectivity index (χ4n) is 1.20. The molecular weight excluding hydrogens is 138 g/mol. The van der Waals surface area contributed by atoms with Crippen LogP contribution in [0.5, 0.6) is 0 Å². The lowest BCUT2D eigenvalue weighted by Crippen LogP contribution is -2.29. The Labute approximate surface area is 69.4 Å². The Morgan fingerprint density at radius 1 is 1.45 bits per heavy atom. The lowest BCUT2D eigenvalue weighted by Gasteiger charge is -2.17. The largest absolute Gasteiger partial charge is 0.319 e. The highest BCUT2D eigenvalue weighted by atomic mass is 16.1. The zero-order valence-corrected chi connectivity index (χ0v) is 7.98. The highest BCUT2D eigenvalue weighted by Crippen LogP contribution is 2.12. The van der Waals surface area contributed by atoms with Crippen molar-refractivity contribution in [2.24, 2.45) is 11.8 Å². The Balaban J connectivity index is 3.98. The molecule has 1 N–H and O–H groups in total. The minimum absolute atomic E-state index is 0.199. The summed E-state index contributed by atoms with van der Waals surface area (Å²) in [5.41, 5.74) is 0. The fourth-order valence-corrected chi connectivity index (χ4v) is 1.20. The van der Waals surface area contributed by atoms with E-state index in [4.69, 9.17) is 0 Å². The second-order valence-electron chi connectivity index (χ2n) is 3.23. The van der Waals surface area contributed by atoms with Crippen LogP contribution in [-0.2, 0) is 4.79 Å². The maximum absolute atomic E-state index is 11.3. The van der Waals surface area contributed by atoms with E-state index in [1.54, 1.807) is 0 Å². The minimum Gasteiger partial charge on any atom is -0.319 e. The summed E-state index contributed by atoms with van der Waals surface area (Å²) < 4.78 is 0. The Bertz CT molecular complexity index is 121. The average Bonchev–Trinajstić information content (AvgIpc) is 1.98. The van der Waals surface area contributed by atoms with Gasteiger partial charge in [-0.1, -0.05) is 20.8 Å². The molecule has 1 atom stereocenters. The topological polar surface area (TPSA) is 29.1 Å². The second-order valence-corrected chi connectivity index (χ2v) is 3.23. The number of carbonyl (C=O) groups is 1. The van der Waals surface area contributed by atoms with Crippen LogP contribution < -0.4 is 5.32 Å². The number of hydrogen-bond donors (Lipinski definition) is 1. The van der Waals surface area contributed by atoms with Crippen molar-refractivity contribution in [1.82, 2.24) is 5.32 Å². The first kappa shape index (κ1) is 10.6. The first-order valence-electron chi connectivity index (χ1n) is 4.30. The summed E-state index contributed by atoms with van der Waals surface area (Å²) >= 11 is 0. The molecule has 0 aromatic carbocycles. The van der Waals surface area contributed by atoms with Crippen LogP contribution in [0.1, 0.15) is 27.2 Å². The maximum Gasteiger partial charge on any atom is 0.137 e. The Kier molecular flexibility index (Phi) is 5.12. The molecule has 0 saturated carbocycles. The van der Waals surface area contributed by atoms with Crippen LogP contribution in [0.4, 0.5) is 0 Å². The molecule has 0 aliphatic rings. The fraction of sp³-hybridized carbons (Fsp3) is 0.889. The van der Waals surface area contributed by atoms with Gasteiger partial charge in [-0.2, -0.15) is 0 Å². The second kappa shape index (κ2) is 5.30. The molecule has 0 radical (unpaired) electrons. The van der Waals surface area contributed by atoms with Gasteiger partial charge in [0.05, 0.1) is 0 Å². The number of carbonyl (C=O) groups excluding carboxylic acids is 1. The van der Waals surface area contributed by atoms with E-state index in [2.05, 4.69) is 19.2 Å². The lowest BCUT2D eigenvalue weighted by molar-refractivity contribution is -0.123. The molecule has 66 valence electrons. The number of Topliss-reactive ketones (excluding diaryl/α,β-unsaturated/α-hetero) is 1. The third-order valence-electron chi connectivity index (χ3n) is 1.99. The van der Waals surface area contributed by atoms with Crippen molar-refractivity contribution < 1.29 is 4.79 Å². The summed E-state index contributed by atoms with van der Waals surface area (Å²) in [4.78, 5) is 11.3. The Morgan fingerprint density at radius 2 is 2.00 bits per heavy atom. The third-order valence-corrected chi connectivity index (χ3v) is 1.99. The summed E-state index contributed by atoms with van der Waals surface area (Å²) in [5, 5.41) is 3.04. The van der Waals surface area contributed by atoms with E-state index < -0.39 is 0 Å². The van der Waals surface area contributed by atoms with E-state index in [1.807, 2.05) is 14.0 Å². The number of nitrogens with one attached hydrogen (secondary N) is 1. The van der Waals surface area contributed by atoms with Crippen molar-refractivity contribution in [3.8, 4) is 0 Å². The molecule has 0 aliphatic heterocycles. The van der Waals surface area contributed by atoms with Crippen LogP contribution in [0, 0.1) is 11.8 Å². The van der Waals surface area contributed by atoms with Gasteiger partial charge in [-0.05, 0) is 13.0 Å². The number of rotatable bonds is 5. The molecule has 11 heavy (non-hydrogen) atoms. The molecule has 0 saturated heterocycles. The normalized spacial score (nSPS) is 13.5. The van der Waals surface area contributed by atoms with Crippen LogP contribution >= 0.6 is 0 Å². The van der Waals surface area contributed by atoms with Crippen LogP contribution in [0.3, 0.4) is 0 Å². The van der Waals surface area contributed by atoms with Crippen LogP contribution in [0.2, 0.25) is 0 Å². The number of ketones is 1. The molecule has 0 fully saturated rings. The van der Waals surface area contributed by atoms with Gasteiger partial charge in [0.1, 0.15) is 5.78 Å². The Morgan fingerprint density at radius 3 is 2.27 bits per heavy atom. The predicted molar refractivity (Wildman–Crippen MR) is 47.6 cm³/mol. The molecule has 0 aliphatic carbocycles. The summed E-state index contributed by atoms with van der Waals surface area (Å²) in [6, 6.07) is 0. The van der Waals surface area contributed by atoms with Gasteiger partial charge in [-0.3, -0.25) is 4.79 Å². The molecule has 1 unspecified atom stereocenters. The van der Waals surface area contributed by atoms with E-state index in [-0.39, 0.29) is 5.92 Å². The van der Waals surface area contributed by atoms with Gasteiger partial charge in [-0.15, -0.1) is 0 Å². The smallest absolute Gasteiger partial charge is 0.137 e. The lowest BCUT2D eigenvalue weighted by atomic mass is 9.90. The molecule has 0 spiro atoms. The summed E-state index contributed by atoms with van der Waals surface area (Å²) in [7, 11) is 1.89. The van der Waals surface area contributed by atoms with Crippen molar-refractivity contribution in [3.05, 3.63) is 0 Å². The SMILES string of the molecule is CCC(=O)C(CNC)C(C)C. The summed E-state index contributed by atoms with van der Waals surface area (Å²) in [5.74, 6) is 1.02. The Hall–Kier alpha value is -0.370. The van der Waals surface area contributed by atoms with E-state index in [0.717, 1.165) is 6.54 Å². The molecule has 0 amide bonds. The molecule has 2 heteroatoms. The highest BCUT2D eigenvalue weighted by Gasteiger charge is 2.18. The molecule has 2 nitrogen and oxygen atoms in total. The highest BCUT2D eigenvalue weighted by molar-refractivity contribution is 5.81. The van der Waals surface area contributed by atoms with Gasteiger partial charge in [0, 0.05) is 18.9 Å². The monoisotopic (exact) mass is 157 g/mol. The van der Waals surface area contributed by atoms with Gasteiger partial charge < -0.3 is 5.32 Å². The molecule has 0 rings (SSSR count). The van der Waals surface area contributed by atoms with Crippen molar-refractivity contribution in [2.75, 3.05) is 13.6 Å². The van der Waals surface area contributed by atoms with E-state index in [1.165, 1.54) is 0 Å². The first-order chi connectivity index (χ1) is 5.13. The molecule has 0 bridgehead atoms. The zero-order valence-electron chi connectivity index (χ0n) is 7.98. The van der Waals surface area contributed by atoms with Gasteiger partial charge in [0.2, 0.25) is 0 Å². The summed E-state index contributed by atoms with van der Waals surface area (Å²) in [6.45, 7) is 6.92. The van der Waals surface area contributed by atoms with Crippen molar-refractivity contribution in [2.45, 2.75) is 27.2 Å². The van der Waals surface area contributed by atoms with Gasteiger partial charge in [0.15, 0.2) is 0 Å². The van der Waals surface area contributed by atoms with Crippen LogP contribution in [0.25, 0.3) is 0 Å². The molecule has 0 heterocycles. The molecule has 0 aromatic heterocycles. The number of hydrogen-bond acceptors (Lipinski definition) is 2. The maximum atomic E-state index is 11.3. The average molecular weight is 157 g/mol. The first-order valence-corrected chi connectivity index (χ1v) is 4.30. The van der Waals surface area contributed by atoms with Crippen LogP contribution in [0.15, 0.2) is 0 Å². The van der Waals surface area contributed by atoms with Crippen molar-refractivity contribution >= 4 is 5.78 Å². The quantitative estimate of drug-likeness (QED) is 0.654. The zero-order chi connectivity index (χ0) is 8.85. The van der Waals surface area contributed by atoms with E-state index in [0.29, 0.717) is 18.1 Å². The standard InChI is InChI=1S/C9H19NO/c1-5-9(11)8(6-10-4)7(2)3/h7-8,10H,5-6H2,1-4H3. The van der Waals surface area contributed by atoms with Crippen molar-refractivity contribution in [1.29, 1.82) is 0 Å². The minimum atomic E-state index is 0.199. The third kappa shape index (κ3) is 3.51. The molecular formula is C9H19NO. The predicted octanol–water partition coefficient (Wildman–Crippen LogP) is 1.46. The van der Waals surface area contributed by atoms with Crippen LogP contribution in [-0.4, -0.2) is 19.4 Å².